The monoisotopic (exact) mass is 329 g/mol. The van der Waals surface area contributed by atoms with Gasteiger partial charge in [-0.15, -0.1) is 0 Å². The SMILES string of the molecule is Clc1ccccc1-c1cccc2c1OC(CNCC1CC1)CO2. The van der Waals surface area contributed by atoms with Crippen molar-refractivity contribution in [2.45, 2.75) is 18.9 Å². The van der Waals surface area contributed by atoms with E-state index in [1.54, 1.807) is 0 Å². The summed E-state index contributed by atoms with van der Waals surface area (Å²) < 4.78 is 12.1. The third-order valence-electron chi connectivity index (χ3n) is 4.35. The fraction of sp³-hybridized carbons (Fsp3) is 0.368. The summed E-state index contributed by atoms with van der Waals surface area (Å²) in [6.45, 7) is 2.47. The van der Waals surface area contributed by atoms with Gasteiger partial charge in [0.15, 0.2) is 11.5 Å². The summed E-state index contributed by atoms with van der Waals surface area (Å²) in [7, 11) is 0. The average Bonchev–Trinajstić information content (AvgIpc) is 3.39. The summed E-state index contributed by atoms with van der Waals surface area (Å²) >= 11 is 6.35. The van der Waals surface area contributed by atoms with Crippen LogP contribution in [0.25, 0.3) is 11.1 Å². The molecule has 4 heteroatoms. The van der Waals surface area contributed by atoms with E-state index in [1.807, 2.05) is 42.5 Å². The minimum Gasteiger partial charge on any atom is -0.486 e. The topological polar surface area (TPSA) is 30.5 Å². The van der Waals surface area contributed by atoms with E-state index in [2.05, 4.69) is 5.32 Å². The maximum Gasteiger partial charge on any atom is 0.169 e. The Morgan fingerprint density at radius 3 is 2.65 bits per heavy atom. The quantitative estimate of drug-likeness (QED) is 0.894. The number of para-hydroxylation sites is 1. The molecule has 2 aromatic rings. The zero-order valence-corrected chi connectivity index (χ0v) is 13.7. The third kappa shape index (κ3) is 3.31. The predicted molar refractivity (Wildman–Crippen MR) is 92.4 cm³/mol. The molecule has 120 valence electrons. The highest BCUT2D eigenvalue weighted by molar-refractivity contribution is 6.33. The molecule has 1 N–H and O–H groups in total. The summed E-state index contributed by atoms with van der Waals surface area (Å²) in [4.78, 5) is 0. The lowest BCUT2D eigenvalue weighted by Crippen LogP contribution is -2.39. The van der Waals surface area contributed by atoms with Crippen molar-refractivity contribution in [2.24, 2.45) is 5.92 Å². The van der Waals surface area contributed by atoms with Crippen molar-refractivity contribution >= 4 is 11.6 Å². The molecule has 0 radical (unpaired) electrons. The van der Waals surface area contributed by atoms with Crippen molar-refractivity contribution in [2.75, 3.05) is 19.7 Å². The van der Waals surface area contributed by atoms with Gasteiger partial charge in [-0.05, 0) is 37.4 Å². The summed E-state index contributed by atoms with van der Waals surface area (Å²) in [6, 6.07) is 13.8. The first kappa shape index (κ1) is 14.9. The van der Waals surface area contributed by atoms with Gasteiger partial charge in [0.2, 0.25) is 0 Å². The van der Waals surface area contributed by atoms with Crippen LogP contribution in [0.4, 0.5) is 0 Å². The number of rotatable bonds is 5. The molecule has 0 spiro atoms. The summed E-state index contributed by atoms with van der Waals surface area (Å²) in [5.41, 5.74) is 1.96. The standard InChI is InChI=1S/C19H20ClNO2/c20-17-6-2-1-4-15(17)16-5-3-7-18-19(16)23-14(12-22-18)11-21-10-13-8-9-13/h1-7,13-14,21H,8-12H2. The van der Waals surface area contributed by atoms with Gasteiger partial charge in [0.1, 0.15) is 12.7 Å². The summed E-state index contributed by atoms with van der Waals surface area (Å²) in [6.07, 6.45) is 2.74. The van der Waals surface area contributed by atoms with Crippen LogP contribution in [0, 0.1) is 5.92 Å². The van der Waals surface area contributed by atoms with Crippen LogP contribution in [-0.2, 0) is 0 Å². The Hall–Kier alpha value is -1.71. The zero-order chi connectivity index (χ0) is 15.6. The first-order valence-electron chi connectivity index (χ1n) is 8.19. The molecule has 1 atom stereocenters. The van der Waals surface area contributed by atoms with Gasteiger partial charge in [-0.2, -0.15) is 0 Å². The van der Waals surface area contributed by atoms with Gasteiger partial charge in [-0.25, -0.2) is 0 Å². The predicted octanol–water partition coefficient (Wildman–Crippen LogP) is 4.15. The molecule has 1 unspecified atom stereocenters. The molecule has 0 aromatic heterocycles. The Kier molecular flexibility index (Phi) is 4.15. The van der Waals surface area contributed by atoms with Crippen LogP contribution < -0.4 is 14.8 Å². The molecular weight excluding hydrogens is 310 g/mol. The van der Waals surface area contributed by atoms with Crippen LogP contribution >= 0.6 is 11.6 Å². The highest BCUT2D eigenvalue weighted by Gasteiger charge is 2.26. The number of hydrogen-bond acceptors (Lipinski definition) is 3. The average molecular weight is 330 g/mol. The van der Waals surface area contributed by atoms with Crippen LogP contribution in [0.1, 0.15) is 12.8 Å². The van der Waals surface area contributed by atoms with Crippen molar-refractivity contribution in [1.29, 1.82) is 0 Å². The van der Waals surface area contributed by atoms with Crippen molar-refractivity contribution in [3.8, 4) is 22.6 Å². The van der Waals surface area contributed by atoms with Crippen LogP contribution in [0.3, 0.4) is 0 Å². The Morgan fingerprint density at radius 2 is 1.83 bits per heavy atom. The lowest BCUT2D eigenvalue weighted by Gasteiger charge is -2.28. The maximum absolute atomic E-state index is 6.35. The number of ether oxygens (including phenoxy) is 2. The smallest absolute Gasteiger partial charge is 0.169 e. The van der Waals surface area contributed by atoms with Gasteiger partial charge >= 0.3 is 0 Å². The number of benzene rings is 2. The normalized spacial score (nSPS) is 19.6. The number of hydrogen-bond donors (Lipinski definition) is 1. The fourth-order valence-electron chi connectivity index (χ4n) is 2.90. The van der Waals surface area contributed by atoms with Gasteiger partial charge in [-0.1, -0.05) is 41.9 Å². The maximum atomic E-state index is 6.35. The highest BCUT2D eigenvalue weighted by atomic mass is 35.5. The number of fused-ring (bicyclic) bond motifs is 1. The molecule has 2 aliphatic rings. The molecule has 0 saturated heterocycles. The van der Waals surface area contributed by atoms with E-state index in [9.17, 15) is 0 Å². The van der Waals surface area contributed by atoms with Crippen LogP contribution in [0.15, 0.2) is 42.5 Å². The molecule has 1 aliphatic heterocycles. The van der Waals surface area contributed by atoms with E-state index in [1.165, 1.54) is 12.8 Å². The molecule has 1 aliphatic carbocycles. The fourth-order valence-corrected chi connectivity index (χ4v) is 3.13. The second-order valence-electron chi connectivity index (χ2n) is 6.27. The minimum absolute atomic E-state index is 0.0323. The van der Waals surface area contributed by atoms with E-state index >= 15 is 0 Å². The molecule has 3 nitrogen and oxygen atoms in total. The Morgan fingerprint density at radius 1 is 1.00 bits per heavy atom. The van der Waals surface area contributed by atoms with Gasteiger partial charge in [0, 0.05) is 22.7 Å². The second-order valence-corrected chi connectivity index (χ2v) is 6.67. The van der Waals surface area contributed by atoms with E-state index in [4.69, 9.17) is 21.1 Å². The molecular formula is C19H20ClNO2. The molecule has 4 rings (SSSR count). The molecule has 23 heavy (non-hydrogen) atoms. The molecule has 0 amide bonds. The molecule has 0 bridgehead atoms. The van der Waals surface area contributed by atoms with E-state index in [-0.39, 0.29) is 6.10 Å². The van der Waals surface area contributed by atoms with Crippen molar-refractivity contribution in [3.05, 3.63) is 47.5 Å². The number of halogens is 1. The van der Waals surface area contributed by atoms with E-state index in [0.29, 0.717) is 6.61 Å². The Bertz CT molecular complexity index is 700. The van der Waals surface area contributed by atoms with Crippen molar-refractivity contribution in [3.63, 3.8) is 0 Å². The zero-order valence-electron chi connectivity index (χ0n) is 12.9. The molecule has 1 saturated carbocycles. The third-order valence-corrected chi connectivity index (χ3v) is 4.68. The van der Waals surface area contributed by atoms with Crippen molar-refractivity contribution in [1.82, 2.24) is 5.32 Å². The molecule has 2 aromatic carbocycles. The van der Waals surface area contributed by atoms with Crippen LogP contribution in [0.5, 0.6) is 11.5 Å². The van der Waals surface area contributed by atoms with Gasteiger partial charge in [0.25, 0.3) is 0 Å². The Balaban J connectivity index is 1.55. The second kappa shape index (κ2) is 6.42. The van der Waals surface area contributed by atoms with E-state index < -0.39 is 0 Å². The highest BCUT2D eigenvalue weighted by Crippen LogP contribution is 2.42. The lowest BCUT2D eigenvalue weighted by molar-refractivity contribution is 0.0911. The summed E-state index contributed by atoms with van der Waals surface area (Å²) in [5.74, 6) is 2.46. The van der Waals surface area contributed by atoms with Gasteiger partial charge in [0.05, 0.1) is 0 Å². The number of nitrogens with one attached hydrogen (secondary N) is 1. The first-order valence-corrected chi connectivity index (χ1v) is 8.57. The summed E-state index contributed by atoms with van der Waals surface area (Å²) in [5, 5.41) is 4.21. The molecule has 1 heterocycles. The lowest BCUT2D eigenvalue weighted by atomic mass is 10.0. The first-order chi connectivity index (χ1) is 11.3. The molecule has 1 fully saturated rings. The minimum atomic E-state index is 0.0323. The van der Waals surface area contributed by atoms with Crippen molar-refractivity contribution < 1.29 is 9.47 Å². The largest absolute Gasteiger partial charge is 0.486 e. The Labute approximate surface area is 141 Å². The van der Waals surface area contributed by atoms with Crippen LogP contribution in [-0.4, -0.2) is 25.8 Å². The van der Waals surface area contributed by atoms with Gasteiger partial charge in [-0.3, -0.25) is 0 Å². The van der Waals surface area contributed by atoms with Crippen LogP contribution in [0.2, 0.25) is 5.02 Å². The van der Waals surface area contributed by atoms with Gasteiger partial charge < -0.3 is 14.8 Å². The van der Waals surface area contributed by atoms with E-state index in [0.717, 1.165) is 46.7 Å².